The summed E-state index contributed by atoms with van der Waals surface area (Å²) in [5, 5.41) is 46.6. The van der Waals surface area contributed by atoms with E-state index in [1.165, 1.54) is 31.0 Å². The summed E-state index contributed by atoms with van der Waals surface area (Å²) in [6.07, 6.45) is 19.8. The van der Waals surface area contributed by atoms with Crippen molar-refractivity contribution in [2.75, 3.05) is 89.9 Å². The highest BCUT2D eigenvalue weighted by molar-refractivity contribution is 5.96. The number of pyridine rings is 10. The lowest BCUT2D eigenvalue weighted by atomic mass is 9.88. The number of nitrogens with zero attached hydrogens (tertiary/aromatic N) is 15. The van der Waals surface area contributed by atoms with E-state index in [1.54, 1.807) is 22.8 Å². The molecule has 5 saturated heterocycles. The van der Waals surface area contributed by atoms with Crippen LogP contribution in [0.2, 0.25) is 0 Å². The van der Waals surface area contributed by atoms with Crippen molar-refractivity contribution < 1.29 is 71.5 Å². The zero-order valence-corrected chi connectivity index (χ0v) is 84.4. The number of hydrogen-bond acceptors (Lipinski definition) is 25. The van der Waals surface area contributed by atoms with Crippen LogP contribution in [0, 0.1) is 58.7 Å². The summed E-state index contributed by atoms with van der Waals surface area (Å²) >= 11 is 0. The second-order valence-corrected chi connectivity index (χ2v) is 41.2. The molecule has 0 amide bonds. The van der Waals surface area contributed by atoms with Crippen LogP contribution in [-0.4, -0.2) is 196 Å². The predicted molar refractivity (Wildman–Crippen MR) is 542 cm³/mol. The standard InChI is InChI=1S/5C19H23FN4O3.6ClH/c5*1-19(2,21)10-5-6-23(8-10)17-14(20)7-12-15(25)13(18(26)27)9-24(11-3-4-11)16(12)22-17;;;;;;/h5*7,9-11H,3-6,8,21H2,1-2H3,(H,26,27);6*1H/t5*10-;;;;;;/m11111....../s1. The molecule has 0 aromatic carbocycles. The van der Waals surface area contributed by atoms with Crippen molar-refractivity contribution in [1.82, 2.24) is 47.8 Å². The zero-order chi connectivity index (χ0) is 97.5. The molecule has 0 bridgehead atoms. The van der Waals surface area contributed by atoms with Crippen LogP contribution in [0.5, 0.6) is 0 Å². The first-order valence-electron chi connectivity index (χ1n) is 46.0. The lowest BCUT2D eigenvalue weighted by Gasteiger charge is -2.27. The molecule has 5 aliphatic heterocycles. The van der Waals surface area contributed by atoms with Gasteiger partial charge in [0.25, 0.3) is 0 Å². The molecule has 15 N–H and O–H groups in total. The molecule has 10 fully saturated rings. The van der Waals surface area contributed by atoms with Gasteiger partial charge in [-0.15, -0.1) is 74.4 Å². The number of carboxylic acids is 5. The van der Waals surface area contributed by atoms with Gasteiger partial charge in [0.05, 0.1) is 26.9 Å². The Morgan fingerprint density at radius 2 is 0.404 bits per heavy atom. The third kappa shape index (κ3) is 23.4. The molecule has 35 nitrogen and oxygen atoms in total. The first-order chi connectivity index (χ1) is 63.3. The predicted octanol–water partition coefficient (Wildman–Crippen LogP) is 13.2. The van der Waals surface area contributed by atoms with E-state index in [9.17, 15) is 95.4 Å². The normalized spacial score (nSPS) is 19.6. The molecule has 15 heterocycles. The molecular weight excluding hydrogens is 1970 g/mol. The minimum Gasteiger partial charge on any atom is -0.477 e. The van der Waals surface area contributed by atoms with Crippen LogP contribution < -0.4 is 80.3 Å². The van der Waals surface area contributed by atoms with Gasteiger partial charge >= 0.3 is 29.8 Å². The topological polar surface area (TPSA) is 507 Å². The Labute approximate surface area is 843 Å². The lowest BCUT2D eigenvalue weighted by Crippen LogP contribution is -2.42. The molecule has 768 valence electrons. The summed E-state index contributed by atoms with van der Waals surface area (Å²) in [6.45, 7) is 25.8. The molecule has 5 atom stereocenters. The van der Waals surface area contributed by atoms with E-state index in [4.69, 9.17) is 28.7 Å². The molecule has 5 aliphatic carbocycles. The molecule has 10 aliphatic rings. The minimum absolute atomic E-state index is 0. The van der Waals surface area contributed by atoms with Crippen LogP contribution in [0.15, 0.2) is 85.3 Å². The highest BCUT2D eigenvalue weighted by Crippen LogP contribution is 2.45. The van der Waals surface area contributed by atoms with Gasteiger partial charge in [-0.2, -0.15) is 0 Å². The van der Waals surface area contributed by atoms with Gasteiger partial charge in [-0.05, 0) is 225 Å². The van der Waals surface area contributed by atoms with E-state index in [0.29, 0.717) is 93.7 Å². The number of rotatable bonds is 20. The number of carbonyl (C=O) groups is 5. The number of halogens is 11. The summed E-state index contributed by atoms with van der Waals surface area (Å²) in [4.78, 5) is 151. The van der Waals surface area contributed by atoms with Crippen molar-refractivity contribution in [3.05, 3.63) is 169 Å². The third-order valence-electron chi connectivity index (χ3n) is 28.3. The summed E-state index contributed by atoms with van der Waals surface area (Å²) in [7, 11) is 0. The Morgan fingerprint density at radius 1 is 0.270 bits per heavy atom. The Balaban J connectivity index is 0.000000179. The van der Waals surface area contributed by atoms with Crippen molar-refractivity contribution in [3.8, 4) is 0 Å². The highest BCUT2D eigenvalue weighted by Gasteiger charge is 2.43. The molecule has 0 spiro atoms. The van der Waals surface area contributed by atoms with Gasteiger partial charge in [-0.3, -0.25) is 24.0 Å². The Kier molecular flexibility index (Phi) is 33.7. The molecule has 0 unspecified atom stereocenters. The number of aromatic nitrogens is 10. The zero-order valence-electron chi connectivity index (χ0n) is 79.5. The van der Waals surface area contributed by atoms with Crippen molar-refractivity contribution >= 4 is 189 Å². The highest BCUT2D eigenvalue weighted by atomic mass is 35.5. The molecular formula is C95H121Cl6F5N20O15. The van der Waals surface area contributed by atoms with Crippen LogP contribution in [-0.2, 0) is 0 Å². The number of aromatic carboxylic acids is 5. The number of nitrogens with two attached hydrogens (primary N) is 5. The Bertz CT molecular complexity index is 5930. The summed E-state index contributed by atoms with van der Waals surface area (Å²) in [5.41, 5.74) is 25.7. The van der Waals surface area contributed by atoms with Crippen molar-refractivity contribution in [2.24, 2.45) is 58.3 Å². The van der Waals surface area contributed by atoms with Gasteiger partial charge in [-0.25, -0.2) is 70.8 Å². The monoisotopic (exact) mass is 2090 g/mol. The Morgan fingerprint density at radius 3 is 0.511 bits per heavy atom. The SMILES string of the molecule is CC(C)(N)[C@@H]1CCN(c2nc3c(cc2F)c(=O)c(C(=O)O)cn3C2CC2)C1.CC(C)(N)[C@@H]1CCN(c2nc3c(cc2F)c(=O)c(C(=O)O)cn3C2CC2)C1.CC(C)(N)[C@@H]1CCN(c2nc3c(cc2F)c(=O)c(C(=O)O)cn3C2CC2)C1.CC(C)(N)[C@@H]1CCN(c2nc3c(cc2F)c(=O)c(C(=O)O)cn3C2CC2)C1.CC(C)(N)[C@@H]1CCN(c2nc3c(cc2F)c(=O)c(C(=O)O)cn3C2CC2)C1.Cl.Cl.Cl.Cl.Cl.Cl. The van der Waals surface area contributed by atoms with Crippen molar-refractivity contribution in [1.29, 1.82) is 0 Å². The van der Waals surface area contributed by atoms with E-state index in [-0.39, 0.29) is 246 Å². The molecule has 10 aromatic rings. The fourth-order valence-electron chi connectivity index (χ4n) is 19.0. The number of anilines is 5. The van der Waals surface area contributed by atoms with E-state index in [2.05, 4.69) is 24.9 Å². The van der Waals surface area contributed by atoms with Crippen molar-refractivity contribution in [2.45, 2.75) is 223 Å². The molecule has 20 rings (SSSR count). The van der Waals surface area contributed by atoms with Crippen LogP contribution in [0.4, 0.5) is 51.0 Å². The van der Waals surface area contributed by atoms with E-state index >= 15 is 0 Å². The largest absolute Gasteiger partial charge is 0.477 e. The van der Waals surface area contributed by atoms with Crippen LogP contribution in [0.3, 0.4) is 0 Å². The van der Waals surface area contributed by atoms with Gasteiger partial charge in [0.15, 0.2) is 58.2 Å². The quantitative estimate of drug-likeness (QED) is 0.0317. The van der Waals surface area contributed by atoms with Gasteiger partial charge in [0.1, 0.15) is 56.1 Å². The summed E-state index contributed by atoms with van der Waals surface area (Å²) in [5.74, 6) is -7.53. The number of hydrogen-bond donors (Lipinski definition) is 10. The molecule has 0 radical (unpaired) electrons. The third-order valence-corrected chi connectivity index (χ3v) is 28.3. The second kappa shape index (κ2) is 42.3. The van der Waals surface area contributed by atoms with Gasteiger partial charge in [-0.1, -0.05) is 0 Å². The first kappa shape index (κ1) is 112. The van der Waals surface area contributed by atoms with Crippen molar-refractivity contribution in [3.63, 3.8) is 0 Å². The average Bonchev–Trinajstić information content (AvgIpc) is 1.57. The van der Waals surface area contributed by atoms with Gasteiger partial charge in [0.2, 0.25) is 27.1 Å². The van der Waals surface area contributed by atoms with Gasteiger partial charge < -0.3 is 102 Å². The maximum Gasteiger partial charge on any atom is 0.341 e. The fraction of sp³-hybridized carbons (Fsp3) is 0.526. The van der Waals surface area contributed by atoms with E-state index < -0.39 is 86.1 Å². The van der Waals surface area contributed by atoms with Crippen LogP contribution in [0.25, 0.3) is 55.2 Å². The first-order valence-corrected chi connectivity index (χ1v) is 46.0. The summed E-state index contributed by atoms with van der Waals surface area (Å²) < 4.78 is 82.7. The summed E-state index contributed by atoms with van der Waals surface area (Å²) in [6, 6.07) is 6.17. The fourth-order valence-corrected chi connectivity index (χ4v) is 19.0. The van der Waals surface area contributed by atoms with Crippen LogP contribution in [0.1, 0.15) is 248 Å². The Hall–Kier alpha value is -10.7. The molecule has 46 heteroatoms. The molecule has 10 aromatic heterocycles. The maximum atomic E-state index is 14.8. The minimum atomic E-state index is -1.31. The number of fused-ring (bicyclic) bond motifs is 5. The molecule has 141 heavy (non-hydrogen) atoms. The number of carboxylic acid groups (broad SMARTS) is 5. The van der Waals surface area contributed by atoms with Gasteiger partial charge in [0, 0.05) is 154 Å². The van der Waals surface area contributed by atoms with Crippen LogP contribution >= 0.6 is 74.4 Å². The maximum absolute atomic E-state index is 14.8. The second-order valence-electron chi connectivity index (χ2n) is 41.2. The molecule has 5 saturated carbocycles. The smallest absolute Gasteiger partial charge is 0.341 e. The lowest BCUT2D eigenvalue weighted by molar-refractivity contribution is 0.0684. The average molecular weight is 2090 g/mol. The van der Waals surface area contributed by atoms with E-state index in [1.807, 2.05) is 93.7 Å². The van der Waals surface area contributed by atoms with E-state index in [0.717, 1.165) is 127 Å².